The number of nitrogens with one attached hydrogen (secondary N) is 2. The monoisotopic (exact) mass is 340 g/mol. The van der Waals surface area contributed by atoms with Crippen molar-refractivity contribution < 1.29 is 9.59 Å². The van der Waals surface area contributed by atoms with E-state index in [0.717, 1.165) is 4.96 Å². The van der Waals surface area contributed by atoms with Crippen LogP contribution in [0.1, 0.15) is 19.5 Å². The van der Waals surface area contributed by atoms with E-state index in [4.69, 9.17) is 11.6 Å². The summed E-state index contributed by atoms with van der Waals surface area (Å²) < 4.78 is 1.82. The summed E-state index contributed by atoms with van der Waals surface area (Å²) in [6.07, 6.45) is 4.87. The molecule has 22 heavy (non-hydrogen) atoms. The predicted molar refractivity (Wildman–Crippen MR) is 88.0 cm³/mol. The molecular weight excluding hydrogens is 324 g/mol. The molecule has 0 aromatic carbocycles. The first kappa shape index (κ1) is 16.5. The average molecular weight is 341 g/mol. The van der Waals surface area contributed by atoms with Crippen LogP contribution in [0.4, 0.5) is 0 Å². The lowest BCUT2D eigenvalue weighted by atomic mass is 10.2. The summed E-state index contributed by atoms with van der Waals surface area (Å²) in [6, 6.07) is 0. The van der Waals surface area contributed by atoms with Gasteiger partial charge in [-0.25, -0.2) is 4.98 Å². The van der Waals surface area contributed by atoms with Crippen LogP contribution in [0.15, 0.2) is 17.7 Å². The van der Waals surface area contributed by atoms with Gasteiger partial charge in [0.25, 0.3) is 0 Å². The van der Waals surface area contributed by atoms with Crippen LogP contribution in [0.25, 0.3) is 11.0 Å². The Kier molecular flexibility index (Phi) is 5.57. The zero-order valence-electron chi connectivity index (χ0n) is 12.3. The van der Waals surface area contributed by atoms with E-state index in [1.54, 1.807) is 6.08 Å². The number of aromatic nitrogens is 2. The van der Waals surface area contributed by atoms with Gasteiger partial charge in [0.2, 0.25) is 11.8 Å². The largest absolute Gasteiger partial charge is 0.354 e. The molecule has 118 valence electrons. The van der Waals surface area contributed by atoms with Crippen molar-refractivity contribution in [1.29, 1.82) is 0 Å². The van der Waals surface area contributed by atoms with Crippen LogP contribution in [0.5, 0.6) is 0 Å². The zero-order chi connectivity index (χ0) is 16.1. The molecule has 0 unspecified atom stereocenters. The molecule has 2 aromatic heterocycles. The number of thiazole rings is 1. The third-order valence-electron chi connectivity index (χ3n) is 2.89. The van der Waals surface area contributed by atoms with Gasteiger partial charge in [-0.15, -0.1) is 11.3 Å². The minimum atomic E-state index is -0.250. The summed E-state index contributed by atoms with van der Waals surface area (Å²) in [7, 11) is 0. The van der Waals surface area contributed by atoms with Gasteiger partial charge in [0, 0.05) is 36.7 Å². The second-order valence-electron chi connectivity index (χ2n) is 4.91. The molecule has 2 aromatic rings. The maximum atomic E-state index is 11.7. The van der Waals surface area contributed by atoms with Gasteiger partial charge in [-0.3, -0.25) is 14.0 Å². The van der Waals surface area contributed by atoms with Crippen molar-refractivity contribution in [3.8, 4) is 0 Å². The van der Waals surface area contributed by atoms with Gasteiger partial charge < -0.3 is 10.6 Å². The van der Waals surface area contributed by atoms with Gasteiger partial charge in [0.05, 0.1) is 5.69 Å². The molecule has 0 aliphatic carbocycles. The Balaban J connectivity index is 1.83. The van der Waals surface area contributed by atoms with Gasteiger partial charge in [-0.05, 0) is 6.08 Å². The van der Waals surface area contributed by atoms with Gasteiger partial charge >= 0.3 is 0 Å². The van der Waals surface area contributed by atoms with E-state index in [1.165, 1.54) is 17.4 Å². The number of rotatable bonds is 6. The molecule has 0 saturated heterocycles. The van der Waals surface area contributed by atoms with Crippen LogP contribution < -0.4 is 10.6 Å². The molecule has 0 aliphatic heterocycles. The number of hydrogen-bond donors (Lipinski definition) is 2. The molecule has 0 spiro atoms. The molecule has 0 saturated carbocycles. The Morgan fingerprint density at radius 1 is 1.41 bits per heavy atom. The Bertz CT molecular complexity index is 705. The number of fused-ring (bicyclic) bond motifs is 1. The Labute approximate surface area is 137 Å². The fraction of sp³-hybridized carbons (Fsp3) is 0.357. The van der Waals surface area contributed by atoms with Crippen molar-refractivity contribution >= 4 is 45.8 Å². The number of imidazole rings is 1. The highest BCUT2D eigenvalue weighted by Gasteiger charge is 2.09. The third kappa shape index (κ3) is 4.08. The van der Waals surface area contributed by atoms with E-state index in [0.29, 0.717) is 23.9 Å². The number of amides is 2. The number of carbonyl (C=O) groups excluding carboxylic acids is 2. The first-order valence-electron chi connectivity index (χ1n) is 6.83. The van der Waals surface area contributed by atoms with Gasteiger partial charge in [-0.2, -0.15) is 0 Å². The van der Waals surface area contributed by atoms with Crippen molar-refractivity contribution in [3.63, 3.8) is 0 Å². The summed E-state index contributed by atoms with van der Waals surface area (Å²) >= 11 is 7.50. The van der Waals surface area contributed by atoms with E-state index in [2.05, 4.69) is 15.6 Å². The standard InChI is InChI=1S/C14H17ClN4O2S/c1-9(2)13(21)17-6-5-16-11(20)4-3-10-12(15)18-14-19(10)7-8-22-14/h3-4,7-9H,5-6H2,1-2H3,(H,16,20)(H,17,21). The lowest BCUT2D eigenvalue weighted by molar-refractivity contribution is -0.124. The molecule has 2 rings (SSSR count). The van der Waals surface area contributed by atoms with E-state index in [1.807, 2.05) is 29.8 Å². The molecule has 8 heteroatoms. The number of halogens is 1. The van der Waals surface area contributed by atoms with Crippen LogP contribution in [0, 0.1) is 5.92 Å². The quantitative estimate of drug-likeness (QED) is 0.623. The SMILES string of the molecule is CC(C)C(=O)NCCNC(=O)C=Cc1c(Cl)nc2sccn12. The van der Waals surface area contributed by atoms with Crippen LogP contribution >= 0.6 is 22.9 Å². The third-order valence-corrected chi connectivity index (χ3v) is 3.93. The van der Waals surface area contributed by atoms with Crippen LogP contribution in [-0.4, -0.2) is 34.3 Å². The van der Waals surface area contributed by atoms with Gasteiger partial charge in [0.1, 0.15) is 0 Å². The maximum absolute atomic E-state index is 11.7. The first-order valence-corrected chi connectivity index (χ1v) is 8.09. The van der Waals surface area contributed by atoms with Crippen LogP contribution in [0.3, 0.4) is 0 Å². The van der Waals surface area contributed by atoms with E-state index < -0.39 is 0 Å². The van der Waals surface area contributed by atoms with Crippen molar-refractivity contribution in [3.05, 3.63) is 28.5 Å². The Morgan fingerprint density at radius 2 is 2.14 bits per heavy atom. The summed E-state index contributed by atoms with van der Waals surface area (Å²) in [5, 5.41) is 7.67. The van der Waals surface area contributed by atoms with E-state index in [-0.39, 0.29) is 17.7 Å². The topological polar surface area (TPSA) is 75.5 Å². The second kappa shape index (κ2) is 7.42. The molecule has 0 atom stereocenters. The average Bonchev–Trinajstić information content (AvgIpc) is 3.01. The molecular formula is C14H17ClN4O2S. The molecule has 0 bridgehead atoms. The Hall–Kier alpha value is -1.86. The summed E-state index contributed by atoms with van der Waals surface area (Å²) in [5.41, 5.74) is 0.668. The van der Waals surface area contributed by atoms with Gasteiger partial charge in [-0.1, -0.05) is 25.4 Å². The normalized spacial score (nSPS) is 11.5. The van der Waals surface area contributed by atoms with Crippen molar-refractivity contribution in [2.24, 2.45) is 5.92 Å². The molecule has 2 amide bonds. The minimum absolute atomic E-state index is 0.0318. The second-order valence-corrected chi connectivity index (χ2v) is 6.14. The zero-order valence-corrected chi connectivity index (χ0v) is 13.9. The smallest absolute Gasteiger partial charge is 0.244 e. The fourth-order valence-corrected chi connectivity index (χ4v) is 2.72. The van der Waals surface area contributed by atoms with Crippen LogP contribution in [0.2, 0.25) is 5.15 Å². The maximum Gasteiger partial charge on any atom is 0.244 e. The highest BCUT2D eigenvalue weighted by molar-refractivity contribution is 7.15. The molecule has 6 nitrogen and oxygen atoms in total. The lowest BCUT2D eigenvalue weighted by Crippen LogP contribution is -2.35. The summed E-state index contributed by atoms with van der Waals surface area (Å²) in [4.78, 5) is 28.0. The Morgan fingerprint density at radius 3 is 2.86 bits per heavy atom. The summed E-state index contributed by atoms with van der Waals surface area (Å²) in [6.45, 7) is 4.41. The highest BCUT2D eigenvalue weighted by atomic mass is 35.5. The first-order chi connectivity index (χ1) is 10.5. The van der Waals surface area contributed by atoms with E-state index >= 15 is 0 Å². The molecule has 2 heterocycles. The van der Waals surface area contributed by atoms with Gasteiger partial charge in [0.15, 0.2) is 10.1 Å². The number of nitrogens with zero attached hydrogens (tertiary/aromatic N) is 2. The fourth-order valence-electron chi connectivity index (χ4n) is 1.72. The predicted octanol–water partition coefficient (Wildman–Crippen LogP) is 1.95. The molecule has 0 fully saturated rings. The van der Waals surface area contributed by atoms with Crippen LogP contribution in [-0.2, 0) is 9.59 Å². The minimum Gasteiger partial charge on any atom is -0.354 e. The van der Waals surface area contributed by atoms with Crippen molar-refractivity contribution in [1.82, 2.24) is 20.0 Å². The number of hydrogen-bond acceptors (Lipinski definition) is 4. The lowest BCUT2D eigenvalue weighted by Gasteiger charge is -2.07. The molecule has 2 N–H and O–H groups in total. The van der Waals surface area contributed by atoms with E-state index in [9.17, 15) is 9.59 Å². The highest BCUT2D eigenvalue weighted by Crippen LogP contribution is 2.22. The summed E-state index contributed by atoms with van der Waals surface area (Å²) in [5.74, 6) is -0.344. The molecule has 0 aliphatic rings. The van der Waals surface area contributed by atoms with Crippen molar-refractivity contribution in [2.45, 2.75) is 13.8 Å². The van der Waals surface area contributed by atoms with Crippen molar-refractivity contribution in [2.75, 3.05) is 13.1 Å². The number of carbonyl (C=O) groups is 2. The molecule has 0 radical (unpaired) electrons.